The van der Waals surface area contributed by atoms with Crippen molar-refractivity contribution in [2.24, 2.45) is 0 Å². The lowest BCUT2D eigenvalue weighted by molar-refractivity contribution is 0.0581. The van der Waals surface area contributed by atoms with Crippen molar-refractivity contribution in [2.75, 3.05) is 25.0 Å². The van der Waals surface area contributed by atoms with Crippen LogP contribution < -0.4 is 5.32 Å². The minimum Gasteiger partial charge on any atom is -0.390 e. The Bertz CT molecular complexity index is 805. The minimum absolute atomic E-state index is 0.0226. The van der Waals surface area contributed by atoms with E-state index in [-0.39, 0.29) is 12.0 Å². The molecule has 1 saturated heterocycles. The van der Waals surface area contributed by atoms with Gasteiger partial charge in [-0.05, 0) is 23.6 Å². The van der Waals surface area contributed by atoms with E-state index in [0.29, 0.717) is 12.5 Å². The summed E-state index contributed by atoms with van der Waals surface area (Å²) in [5, 5.41) is 14.0. The number of aliphatic hydroxyl groups excluding tert-OH is 1. The van der Waals surface area contributed by atoms with Gasteiger partial charge in [0.1, 0.15) is 0 Å². The maximum Gasteiger partial charge on any atom is 0.222 e. The normalized spacial score (nSPS) is 20.2. The van der Waals surface area contributed by atoms with E-state index in [9.17, 15) is 5.11 Å². The Morgan fingerprint density at radius 2 is 1.54 bits per heavy atom. The van der Waals surface area contributed by atoms with Gasteiger partial charge in [-0.1, -0.05) is 60.7 Å². The van der Waals surface area contributed by atoms with E-state index in [1.807, 2.05) is 0 Å². The second kappa shape index (κ2) is 8.95. The Labute approximate surface area is 166 Å². The lowest BCUT2D eigenvalue weighted by Gasteiger charge is -2.38. The summed E-state index contributed by atoms with van der Waals surface area (Å²) in [7, 11) is 0. The number of nitrogens with zero attached hydrogens (tertiary/aromatic N) is 3. The average Bonchev–Trinajstić information content (AvgIpc) is 2.76. The van der Waals surface area contributed by atoms with Crippen molar-refractivity contribution in [1.82, 2.24) is 14.9 Å². The maximum absolute atomic E-state index is 10.7. The predicted octanol–water partition coefficient (Wildman–Crippen LogP) is 3.16. The standard InChI is InChI=1S/C23H26N4O/c28-22-17-27(15-12-21(22)26-23-24-13-7-14-25-23)16-20(18-8-3-1-4-9-18)19-10-5-2-6-11-19/h1-11,13-14,20-22,28H,12,15-17H2,(H,24,25,26)/t21-,22-/m1/s1. The average molecular weight is 374 g/mol. The largest absolute Gasteiger partial charge is 0.390 e. The van der Waals surface area contributed by atoms with Crippen LogP contribution in [0.5, 0.6) is 0 Å². The molecule has 5 heteroatoms. The van der Waals surface area contributed by atoms with Crippen molar-refractivity contribution in [3.63, 3.8) is 0 Å². The van der Waals surface area contributed by atoms with Crippen LogP contribution in [-0.4, -0.2) is 51.8 Å². The van der Waals surface area contributed by atoms with E-state index in [1.165, 1.54) is 11.1 Å². The van der Waals surface area contributed by atoms with Crippen LogP contribution in [0.2, 0.25) is 0 Å². The Morgan fingerprint density at radius 3 is 2.11 bits per heavy atom. The number of benzene rings is 2. The second-order valence-corrected chi connectivity index (χ2v) is 7.31. The summed E-state index contributed by atoms with van der Waals surface area (Å²) in [6.45, 7) is 2.46. The molecule has 2 N–H and O–H groups in total. The Balaban J connectivity index is 1.44. The molecule has 0 radical (unpaired) electrons. The quantitative estimate of drug-likeness (QED) is 0.694. The highest BCUT2D eigenvalue weighted by Gasteiger charge is 2.30. The number of hydrogen-bond acceptors (Lipinski definition) is 5. The molecular weight excluding hydrogens is 348 g/mol. The highest BCUT2D eigenvalue weighted by atomic mass is 16.3. The summed E-state index contributed by atoms with van der Waals surface area (Å²) in [6.07, 6.45) is 3.82. The zero-order valence-electron chi connectivity index (χ0n) is 15.9. The molecule has 2 atom stereocenters. The molecule has 144 valence electrons. The van der Waals surface area contributed by atoms with E-state index in [2.05, 4.69) is 80.8 Å². The van der Waals surface area contributed by atoms with Gasteiger partial charge >= 0.3 is 0 Å². The van der Waals surface area contributed by atoms with Crippen molar-refractivity contribution in [1.29, 1.82) is 0 Å². The molecule has 5 nitrogen and oxygen atoms in total. The Morgan fingerprint density at radius 1 is 0.929 bits per heavy atom. The molecule has 2 heterocycles. The third kappa shape index (κ3) is 4.55. The topological polar surface area (TPSA) is 61.3 Å². The molecule has 1 aliphatic heterocycles. The van der Waals surface area contributed by atoms with Crippen molar-refractivity contribution < 1.29 is 5.11 Å². The van der Waals surface area contributed by atoms with Crippen LogP contribution in [0.15, 0.2) is 79.1 Å². The SMILES string of the molecule is O[C@@H]1CN(CC(c2ccccc2)c2ccccc2)CC[C@H]1Nc1ncccn1. The first-order valence-electron chi connectivity index (χ1n) is 9.83. The number of hydrogen-bond donors (Lipinski definition) is 2. The van der Waals surface area contributed by atoms with Gasteiger partial charge in [0.15, 0.2) is 0 Å². The second-order valence-electron chi connectivity index (χ2n) is 7.31. The first-order valence-corrected chi connectivity index (χ1v) is 9.83. The fourth-order valence-corrected chi connectivity index (χ4v) is 3.90. The highest BCUT2D eigenvalue weighted by Crippen LogP contribution is 2.27. The molecule has 28 heavy (non-hydrogen) atoms. The lowest BCUT2D eigenvalue weighted by Crippen LogP contribution is -2.50. The number of aliphatic hydroxyl groups is 1. The van der Waals surface area contributed by atoms with Gasteiger partial charge in [0.05, 0.1) is 12.1 Å². The molecule has 2 aromatic carbocycles. The van der Waals surface area contributed by atoms with E-state index < -0.39 is 6.10 Å². The summed E-state index contributed by atoms with van der Waals surface area (Å²) in [4.78, 5) is 10.8. The molecule has 0 saturated carbocycles. The van der Waals surface area contributed by atoms with Gasteiger partial charge < -0.3 is 10.4 Å². The van der Waals surface area contributed by atoms with Crippen LogP contribution in [0.4, 0.5) is 5.95 Å². The van der Waals surface area contributed by atoms with E-state index in [0.717, 1.165) is 19.5 Å². The summed E-state index contributed by atoms with van der Waals surface area (Å²) >= 11 is 0. The number of anilines is 1. The fourth-order valence-electron chi connectivity index (χ4n) is 3.90. The van der Waals surface area contributed by atoms with Crippen LogP contribution in [0.25, 0.3) is 0 Å². The summed E-state index contributed by atoms with van der Waals surface area (Å²) in [5.41, 5.74) is 2.61. The first kappa shape index (κ1) is 18.6. The highest BCUT2D eigenvalue weighted by molar-refractivity contribution is 5.33. The van der Waals surface area contributed by atoms with Crippen LogP contribution in [0, 0.1) is 0 Å². The molecule has 1 aliphatic rings. The van der Waals surface area contributed by atoms with Crippen LogP contribution in [0.3, 0.4) is 0 Å². The van der Waals surface area contributed by atoms with Crippen molar-refractivity contribution in [3.8, 4) is 0 Å². The van der Waals surface area contributed by atoms with E-state index >= 15 is 0 Å². The number of likely N-dealkylation sites (tertiary alicyclic amines) is 1. The Kier molecular flexibility index (Phi) is 5.95. The lowest BCUT2D eigenvalue weighted by atomic mass is 9.90. The molecule has 0 amide bonds. The number of rotatable bonds is 6. The van der Waals surface area contributed by atoms with Gasteiger partial charge in [-0.25, -0.2) is 9.97 Å². The molecule has 0 aliphatic carbocycles. The number of aromatic nitrogens is 2. The molecule has 0 bridgehead atoms. The zero-order chi connectivity index (χ0) is 19.2. The van der Waals surface area contributed by atoms with Crippen LogP contribution in [-0.2, 0) is 0 Å². The van der Waals surface area contributed by atoms with Gasteiger partial charge in [-0.2, -0.15) is 0 Å². The summed E-state index contributed by atoms with van der Waals surface area (Å²) in [5.74, 6) is 0.864. The van der Waals surface area contributed by atoms with Gasteiger partial charge in [-0.3, -0.25) is 4.90 Å². The van der Waals surface area contributed by atoms with Crippen molar-refractivity contribution >= 4 is 5.95 Å². The molecule has 0 spiro atoms. The fraction of sp³-hybridized carbons (Fsp3) is 0.304. The third-order valence-corrected chi connectivity index (χ3v) is 5.39. The smallest absolute Gasteiger partial charge is 0.222 e. The van der Waals surface area contributed by atoms with Crippen LogP contribution in [0.1, 0.15) is 23.5 Å². The zero-order valence-corrected chi connectivity index (χ0v) is 15.9. The summed E-state index contributed by atoms with van der Waals surface area (Å²) in [6, 6.07) is 23.0. The number of nitrogens with one attached hydrogen (secondary N) is 1. The van der Waals surface area contributed by atoms with Crippen molar-refractivity contribution in [3.05, 3.63) is 90.3 Å². The number of piperidine rings is 1. The van der Waals surface area contributed by atoms with Crippen molar-refractivity contribution in [2.45, 2.75) is 24.5 Å². The molecule has 1 fully saturated rings. The first-order chi connectivity index (χ1) is 13.8. The Hall–Kier alpha value is -2.76. The third-order valence-electron chi connectivity index (χ3n) is 5.39. The molecule has 4 rings (SSSR count). The monoisotopic (exact) mass is 374 g/mol. The number of β-amino-alcohol motifs (C(OH)–C–C–N with tert-alkyl or cyclic N) is 1. The van der Waals surface area contributed by atoms with Crippen LogP contribution >= 0.6 is 0 Å². The van der Waals surface area contributed by atoms with Gasteiger partial charge in [0.2, 0.25) is 5.95 Å². The molecular formula is C23H26N4O. The van der Waals surface area contributed by atoms with Gasteiger partial charge in [0, 0.05) is 37.9 Å². The molecule has 3 aromatic rings. The van der Waals surface area contributed by atoms with E-state index in [4.69, 9.17) is 0 Å². The molecule has 0 unspecified atom stereocenters. The van der Waals surface area contributed by atoms with Gasteiger partial charge in [0.25, 0.3) is 0 Å². The minimum atomic E-state index is -0.454. The predicted molar refractivity (Wildman–Crippen MR) is 111 cm³/mol. The molecule has 1 aromatic heterocycles. The van der Waals surface area contributed by atoms with E-state index in [1.54, 1.807) is 18.5 Å². The van der Waals surface area contributed by atoms with Gasteiger partial charge in [-0.15, -0.1) is 0 Å². The summed E-state index contributed by atoms with van der Waals surface area (Å²) < 4.78 is 0. The maximum atomic E-state index is 10.7.